The van der Waals surface area contributed by atoms with Crippen molar-refractivity contribution in [2.24, 2.45) is 0 Å². The number of rotatable bonds is 4. The van der Waals surface area contributed by atoms with E-state index in [2.05, 4.69) is 60.1 Å². The molecule has 0 bridgehead atoms. The summed E-state index contributed by atoms with van der Waals surface area (Å²) in [7, 11) is 1.99. The summed E-state index contributed by atoms with van der Waals surface area (Å²) in [4.78, 5) is 2.69. The van der Waals surface area contributed by atoms with E-state index in [1.165, 1.54) is 31.0 Å². The van der Waals surface area contributed by atoms with Gasteiger partial charge in [-0.05, 0) is 37.2 Å². The minimum absolute atomic E-state index is 0.907. The van der Waals surface area contributed by atoms with Gasteiger partial charge in [0.2, 0.25) is 0 Å². The molecule has 0 unspecified atom stereocenters. The molecule has 0 aliphatic heterocycles. The van der Waals surface area contributed by atoms with Crippen molar-refractivity contribution in [3.8, 4) is 0 Å². The number of hydrogen-bond donors (Lipinski definition) is 1. The summed E-state index contributed by atoms with van der Waals surface area (Å²) in [5.74, 6) is 0. The molecule has 0 saturated heterocycles. The summed E-state index contributed by atoms with van der Waals surface area (Å²) in [6.45, 7) is 3.05. The first-order valence-corrected chi connectivity index (χ1v) is 8.36. The van der Waals surface area contributed by atoms with E-state index in [0.717, 1.165) is 6.54 Å². The van der Waals surface area contributed by atoms with E-state index in [1.54, 1.807) is 0 Å². The van der Waals surface area contributed by atoms with Crippen LogP contribution in [0.2, 0.25) is 0 Å². The van der Waals surface area contributed by atoms with Crippen LogP contribution in [0.5, 0.6) is 0 Å². The fourth-order valence-corrected chi connectivity index (χ4v) is 4.51. The van der Waals surface area contributed by atoms with Crippen molar-refractivity contribution in [3.05, 3.63) is 59.0 Å². The Bertz CT molecular complexity index is 731. The van der Waals surface area contributed by atoms with Crippen molar-refractivity contribution in [2.75, 3.05) is 7.05 Å². The minimum atomic E-state index is 0.907. The van der Waals surface area contributed by atoms with Gasteiger partial charge < -0.3 is 5.32 Å². The van der Waals surface area contributed by atoms with Crippen molar-refractivity contribution < 1.29 is 0 Å². The van der Waals surface area contributed by atoms with Crippen molar-refractivity contribution in [3.63, 3.8) is 0 Å². The van der Waals surface area contributed by atoms with Crippen molar-refractivity contribution in [1.82, 2.24) is 5.32 Å². The largest absolute Gasteiger partial charge is 0.316 e. The topological polar surface area (TPSA) is 12.0 Å². The molecule has 1 aromatic heterocycles. The fraction of sp³-hybridized carbons (Fsp3) is 0.176. The molecule has 0 spiro atoms. The number of benzene rings is 2. The summed E-state index contributed by atoms with van der Waals surface area (Å²) >= 11 is 3.70. The maximum atomic E-state index is 3.24. The molecule has 0 fully saturated rings. The van der Waals surface area contributed by atoms with Crippen LogP contribution in [0.3, 0.4) is 0 Å². The second-order valence-electron chi connectivity index (χ2n) is 4.84. The zero-order chi connectivity index (χ0) is 13.9. The van der Waals surface area contributed by atoms with E-state index < -0.39 is 0 Å². The lowest BCUT2D eigenvalue weighted by molar-refractivity contribution is 0.803. The van der Waals surface area contributed by atoms with Gasteiger partial charge in [-0.15, -0.1) is 11.3 Å². The van der Waals surface area contributed by atoms with Crippen molar-refractivity contribution in [1.29, 1.82) is 0 Å². The molecule has 0 radical (unpaired) electrons. The second-order valence-corrected chi connectivity index (χ2v) is 6.83. The third-order valence-corrected chi connectivity index (χ3v) is 5.53. The average molecular weight is 299 g/mol. The fourth-order valence-electron chi connectivity index (χ4n) is 2.25. The molecule has 2 aromatic carbocycles. The molecule has 20 heavy (non-hydrogen) atoms. The highest BCUT2D eigenvalue weighted by Crippen LogP contribution is 2.39. The van der Waals surface area contributed by atoms with E-state index >= 15 is 0 Å². The Labute approximate surface area is 128 Å². The Kier molecular flexibility index (Phi) is 4.10. The molecule has 0 aliphatic rings. The predicted molar refractivity (Wildman–Crippen MR) is 89.9 cm³/mol. The lowest BCUT2D eigenvalue weighted by Crippen LogP contribution is -2.05. The van der Waals surface area contributed by atoms with Crippen LogP contribution >= 0.6 is 23.1 Å². The lowest BCUT2D eigenvalue weighted by Gasteiger charge is -2.08. The SMILES string of the molecule is CNCc1ccccc1Sc1csc2cc(C)ccc12. The summed E-state index contributed by atoms with van der Waals surface area (Å²) in [6, 6.07) is 15.3. The summed E-state index contributed by atoms with van der Waals surface area (Å²) in [5, 5.41) is 6.87. The second kappa shape index (κ2) is 6.00. The van der Waals surface area contributed by atoms with Crippen LogP contribution in [0.4, 0.5) is 0 Å². The molecule has 3 aromatic rings. The molecule has 102 valence electrons. The smallest absolute Gasteiger partial charge is 0.0357 e. The van der Waals surface area contributed by atoms with E-state index in [4.69, 9.17) is 0 Å². The van der Waals surface area contributed by atoms with Gasteiger partial charge >= 0.3 is 0 Å². The molecule has 0 atom stereocenters. The van der Waals surface area contributed by atoms with E-state index in [-0.39, 0.29) is 0 Å². The Morgan fingerprint density at radius 2 is 1.95 bits per heavy atom. The number of hydrogen-bond acceptors (Lipinski definition) is 3. The molecule has 1 heterocycles. The third kappa shape index (κ3) is 2.75. The van der Waals surface area contributed by atoms with Gasteiger partial charge in [0.05, 0.1) is 0 Å². The Hall–Kier alpha value is -1.29. The highest BCUT2D eigenvalue weighted by molar-refractivity contribution is 7.99. The highest BCUT2D eigenvalue weighted by atomic mass is 32.2. The van der Waals surface area contributed by atoms with Gasteiger partial charge in [0.15, 0.2) is 0 Å². The van der Waals surface area contributed by atoms with E-state index in [9.17, 15) is 0 Å². The third-order valence-electron chi connectivity index (χ3n) is 3.26. The molecule has 0 saturated carbocycles. The predicted octanol–water partition coefficient (Wildman–Crippen LogP) is 5.08. The standard InChI is InChI=1S/C17H17NS2/c1-12-7-8-14-16(9-12)19-11-17(14)20-15-6-4-3-5-13(15)10-18-2/h3-9,11,18H,10H2,1-2H3. The molecule has 1 N–H and O–H groups in total. The quantitative estimate of drug-likeness (QED) is 0.721. The Balaban J connectivity index is 1.97. The van der Waals surface area contributed by atoms with E-state index in [0.29, 0.717) is 0 Å². The minimum Gasteiger partial charge on any atom is -0.316 e. The van der Waals surface area contributed by atoms with Crippen molar-refractivity contribution in [2.45, 2.75) is 23.3 Å². The van der Waals surface area contributed by atoms with Gasteiger partial charge in [-0.1, -0.05) is 42.1 Å². The van der Waals surface area contributed by atoms with Crippen LogP contribution in [-0.4, -0.2) is 7.05 Å². The van der Waals surface area contributed by atoms with Gasteiger partial charge in [0.25, 0.3) is 0 Å². The summed E-state index contributed by atoms with van der Waals surface area (Å²) < 4.78 is 1.37. The first-order chi connectivity index (χ1) is 9.78. The Morgan fingerprint density at radius 1 is 1.10 bits per heavy atom. The van der Waals surface area contributed by atoms with Crippen LogP contribution in [0.1, 0.15) is 11.1 Å². The number of fused-ring (bicyclic) bond motifs is 1. The van der Waals surface area contributed by atoms with Crippen LogP contribution in [0.25, 0.3) is 10.1 Å². The molecule has 3 heteroatoms. The van der Waals surface area contributed by atoms with Crippen molar-refractivity contribution >= 4 is 33.2 Å². The van der Waals surface area contributed by atoms with Crippen LogP contribution in [0.15, 0.2) is 57.6 Å². The van der Waals surface area contributed by atoms with Crippen LogP contribution < -0.4 is 5.32 Å². The molecule has 0 amide bonds. The summed E-state index contributed by atoms with van der Waals surface area (Å²) in [6.07, 6.45) is 0. The highest BCUT2D eigenvalue weighted by Gasteiger charge is 2.08. The van der Waals surface area contributed by atoms with Gasteiger partial charge in [0.1, 0.15) is 0 Å². The first-order valence-electron chi connectivity index (χ1n) is 6.66. The average Bonchev–Trinajstić information content (AvgIpc) is 2.83. The summed E-state index contributed by atoms with van der Waals surface area (Å²) in [5.41, 5.74) is 2.68. The molecular weight excluding hydrogens is 282 g/mol. The zero-order valence-electron chi connectivity index (χ0n) is 11.6. The maximum Gasteiger partial charge on any atom is 0.0357 e. The molecule has 0 aliphatic carbocycles. The first kappa shape index (κ1) is 13.7. The number of nitrogens with one attached hydrogen (secondary N) is 1. The normalized spacial score (nSPS) is 11.1. The molecule has 1 nitrogen and oxygen atoms in total. The number of aryl methyl sites for hydroxylation is 1. The zero-order valence-corrected chi connectivity index (χ0v) is 13.3. The van der Waals surface area contributed by atoms with Crippen LogP contribution in [0, 0.1) is 6.92 Å². The van der Waals surface area contributed by atoms with Gasteiger partial charge in [-0.2, -0.15) is 0 Å². The number of thiophene rings is 1. The maximum absolute atomic E-state index is 3.24. The Morgan fingerprint density at radius 3 is 2.80 bits per heavy atom. The molecule has 3 rings (SSSR count). The van der Waals surface area contributed by atoms with Gasteiger partial charge in [-0.25, -0.2) is 0 Å². The van der Waals surface area contributed by atoms with Gasteiger partial charge in [-0.3, -0.25) is 0 Å². The lowest BCUT2D eigenvalue weighted by atomic mass is 10.2. The molecular formula is C17H17NS2. The van der Waals surface area contributed by atoms with Crippen LogP contribution in [-0.2, 0) is 6.54 Å². The van der Waals surface area contributed by atoms with Gasteiger partial charge in [0, 0.05) is 31.8 Å². The monoisotopic (exact) mass is 299 g/mol. The van der Waals surface area contributed by atoms with E-state index in [1.807, 2.05) is 30.1 Å².